The number of nitrogens with zero attached hydrogens (tertiary/aromatic N) is 1. The van der Waals surface area contributed by atoms with Gasteiger partial charge >= 0.3 is 0 Å². The van der Waals surface area contributed by atoms with Gasteiger partial charge in [0, 0.05) is 16.9 Å². The van der Waals surface area contributed by atoms with Crippen molar-refractivity contribution in [2.45, 2.75) is 19.9 Å². The van der Waals surface area contributed by atoms with Crippen LogP contribution in [0.15, 0.2) is 41.1 Å². The number of aromatic nitrogens is 1. The van der Waals surface area contributed by atoms with Crippen LogP contribution in [0.2, 0.25) is 0 Å². The maximum atomic E-state index is 5.71. The fourth-order valence-corrected chi connectivity index (χ4v) is 2.42. The van der Waals surface area contributed by atoms with E-state index in [4.69, 9.17) is 5.84 Å². The van der Waals surface area contributed by atoms with Gasteiger partial charge in [-0.3, -0.25) is 10.8 Å². The molecular weight excluding hydrogens is 290 g/mol. The van der Waals surface area contributed by atoms with Crippen LogP contribution in [0.5, 0.6) is 0 Å². The molecule has 0 radical (unpaired) electrons. The predicted octanol–water partition coefficient (Wildman–Crippen LogP) is 3.01. The minimum atomic E-state index is -0.0464. The van der Waals surface area contributed by atoms with Gasteiger partial charge in [-0.1, -0.05) is 34.1 Å². The first-order valence-corrected chi connectivity index (χ1v) is 6.55. The zero-order valence-corrected chi connectivity index (χ0v) is 12.0. The Kier molecular flexibility index (Phi) is 4.11. The first-order chi connectivity index (χ1) is 8.63. The molecule has 94 valence electrons. The third-order valence-electron chi connectivity index (χ3n) is 3.02. The standard InChI is InChI=1S/C14H16BrN3/c1-9-6-11(8-17-7-9)14(18-16)12-4-3-5-13(15)10(12)2/h3-8,14,18H,16H2,1-2H3. The maximum absolute atomic E-state index is 5.71. The van der Waals surface area contributed by atoms with Crippen molar-refractivity contribution in [3.63, 3.8) is 0 Å². The Bertz CT molecular complexity index is 554. The van der Waals surface area contributed by atoms with Crippen LogP contribution in [-0.4, -0.2) is 4.98 Å². The molecule has 0 bridgehead atoms. The molecule has 0 spiro atoms. The Labute approximate surface area is 116 Å². The van der Waals surface area contributed by atoms with Gasteiger partial charge in [-0.25, -0.2) is 5.43 Å². The Morgan fingerprint density at radius 1 is 1.28 bits per heavy atom. The fraction of sp³-hybridized carbons (Fsp3) is 0.214. The normalized spacial score (nSPS) is 12.4. The number of pyridine rings is 1. The summed E-state index contributed by atoms with van der Waals surface area (Å²) in [5.41, 5.74) is 7.40. The van der Waals surface area contributed by atoms with Crippen LogP contribution in [0, 0.1) is 13.8 Å². The van der Waals surface area contributed by atoms with E-state index < -0.39 is 0 Å². The predicted molar refractivity (Wildman–Crippen MR) is 77.0 cm³/mol. The van der Waals surface area contributed by atoms with Crippen molar-refractivity contribution in [3.05, 3.63) is 63.4 Å². The van der Waals surface area contributed by atoms with E-state index in [1.165, 1.54) is 5.56 Å². The van der Waals surface area contributed by atoms with E-state index in [9.17, 15) is 0 Å². The van der Waals surface area contributed by atoms with Gasteiger partial charge in [0.05, 0.1) is 6.04 Å². The summed E-state index contributed by atoms with van der Waals surface area (Å²) in [5, 5.41) is 0. The van der Waals surface area contributed by atoms with Crippen LogP contribution in [0.4, 0.5) is 0 Å². The fourth-order valence-electron chi connectivity index (χ4n) is 2.04. The molecule has 3 N–H and O–H groups in total. The van der Waals surface area contributed by atoms with Crippen LogP contribution in [-0.2, 0) is 0 Å². The van der Waals surface area contributed by atoms with Gasteiger partial charge in [-0.15, -0.1) is 0 Å². The molecule has 2 aromatic rings. The van der Waals surface area contributed by atoms with Gasteiger partial charge in [0.1, 0.15) is 0 Å². The summed E-state index contributed by atoms with van der Waals surface area (Å²) in [4.78, 5) is 4.22. The van der Waals surface area contributed by atoms with E-state index in [-0.39, 0.29) is 6.04 Å². The number of rotatable bonds is 3. The lowest BCUT2D eigenvalue weighted by atomic mass is 9.96. The molecule has 0 saturated heterocycles. The molecule has 3 nitrogen and oxygen atoms in total. The van der Waals surface area contributed by atoms with Crippen molar-refractivity contribution in [2.75, 3.05) is 0 Å². The highest BCUT2D eigenvalue weighted by Gasteiger charge is 2.16. The number of hydrogen-bond donors (Lipinski definition) is 2. The molecular formula is C14H16BrN3. The summed E-state index contributed by atoms with van der Waals surface area (Å²) in [5.74, 6) is 5.71. The average Bonchev–Trinajstić information content (AvgIpc) is 2.35. The number of aryl methyl sites for hydroxylation is 1. The lowest BCUT2D eigenvalue weighted by Gasteiger charge is -2.19. The number of hydrogen-bond acceptors (Lipinski definition) is 3. The number of nitrogens with one attached hydrogen (secondary N) is 1. The molecule has 0 saturated carbocycles. The third kappa shape index (κ3) is 2.61. The molecule has 18 heavy (non-hydrogen) atoms. The van der Waals surface area contributed by atoms with Crippen molar-refractivity contribution >= 4 is 15.9 Å². The Hall–Kier alpha value is -1.23. The first-order valence-electron chi connectivity index (χ1n) is 5.76. The van der Waals surface area contributed by atoms with E-state index in [2.05, 4.69) is 45.4 Å². The summed E-state index contributed by atoms with van der Waals surface area (Å²) < 4.78 is 1.08. The summed E-state index contributed by atoms with van der Waals surface area (Å²) >= 11 is 3.55. The smallest absolute Gasteiger partial charge is 0.0728 e. The molecule has 0 fully saturated rings. The van der Waals surface area contributed by atoms with Crippen molar-refractivity contribution in [2.24, 2.45) is 5.84 Å². The molecule has 0 aliphatic heterocycles. The molecule has 0 aliphatic carbocycles. The van der Waals surface area contributed by atoms with Gasteiger partial charge < -0.3 is 0 Å². The number of hydrazine groups is 1. The lowest BCUT2D eigenvalue weighted by Crippen LogP contribution is -2.29. The van der Waals surface area contributed by atoms with E-state index in [0.717, 1.165) is 21.2 Å². The number of nitrogens with two attached hydrogens (primary N) is 1. The highest BCUT2D eigenvalue weighted by Crippen LogP contribution is 2.28. The van der Waals surface area contributed by atoms with Crippen molar-refractivity contribution in [1.82, 2.24) is 10.4 Å². The van der Waals surface area contributed by atoms with E-state index in [1.54, 1.807) is 0 Å². The SMILES string of the molecule is Cc1cncc(C(NN)c2cccc(Br)c2C)c1. The second kappa shape index (κ2) is 5.61. The van der Waals surface area contributed by atoms with Crippen molar-refractivity contribution < 1.29 is 0 Å². The first kappa shape index (κ1) is 13.2. The Balaban J connectivity index is 2.49. The zero-order chi connectivity index (χ0) is 13.1. The van der Waals surface area contributed by atoms with E-state index >= 15 is 0 Å². The summed E-state index contributed by atoms with van der Waals surface area (Å²) in [6, 6.07) is 8.17. The Morgan fingerprint density at radius 2 is 2.06 bits per heavy atom. The zero-order valence-electron chi connectivity index (χ0n) is 10.4. The minimum Gasteiger partial charge on any atom is -0.271 e. The number of halogens is 1. The van der Waals surface area contributed by atoms with Crippen LogP contribution in [0.25, 0.3) is 0 Å². The molecule has 4 heteroatoms. The number of benzene rings is 1. The highest BCUT2D eigenvalue weighted by atomic mass is 79.9. The molecule has 2 rings (SSSR count). The van der Waals surface area contributed by atoms with Gasteiger partial charge in [0.25, 0.3) is 0 Å². The van der Waals surface area contributed by atoms with Gasteiger partial charge in [-0.2, -0.15) is 0 Å². The van der Waals surface area contributed by atoms with Crippen LogP contribution >= 0.6 is 15.9 Å². The van der Waals surface area contributed by atoms with Crippen LogP contribution in [0.3, 0.4) is 0 Å². The molecule has 1 aromatic heterocycles. The molecule has 1 aromatic carbocycles. The quantitative estimate of drug-likeness (QED) is 0.677. The topological polar surface area (TPSA) is 50.9 Å². The van der Waals surface area contributed by atoms with E-state index in [0.29, 0.717) is 0 Å². The third-order valence-corrected chi connectivity index (χ3v) is 3.88. The summed E-state index contributed by atoms with van der Waals surface area (Å²) in [6.45, 7) is 4.10. The minimum absolute atomic E-state index is 0.0464. The van der Waals surface area contributed by atoms with Crippen molar-refractivity contribution in [1.29, 1.82) is 0 Å². The average molecular weight is 306 g/mol. The molecule has 0 aliphatic rings. The lowest BCUT2D eigenvalue weighted by molar-refractivity contribution is 0.630. The molecule has 1 heterocycles. The van der Waals surface area contributed by atoms with E-state index in [1.807, 2.05) is 31.5 Å². The van der Waals surface area contributed by atoms with Gasteiger partial charge in [0.15, 0.2) is 0 Å². The summed E-state index contributed by atoms with van der Waals surface area (Å²) in [7, 11) is 0. The van der Waals surface area contributed by atoms with Crippen LogP contribution < -0.4 is 11.3 Å². The summed E-state index contributed by atoms with van der Waals surface area (Å²) in [6.07, 6.45) is 3.68. The highest BCUT2D eigenvalue weighted by molar-refractivity contribution is 9.10. The second-order valence-electron chi connectivity index (χ2n) is 4.35. The van der Waals surface area contributed by atoms with Crippen LogP contribution in [0.1, 0.15) is 28.3 Å². The molecule has 0 amide bonds. The monoisotopic (exact) mass is 305 g/mol. The van der Waals surface area contributed by atoms with Crippen molar-refractivity contribution in [3.8, 4) is 0 Å². The van der Waals surface area contributed by atoms with Gasteiger partial charge in [0.2, 0.25) is 0 Å². The van der Waals surface area contributed by atoms with Gasteiger partial charge in [-0.05, 0) is 42.2 Å². The molecule has 1 unspecified atom stereocenters. The largest absolute Gasteiger partial charge is 0.271 e. The molecule has 1 atom stereocenters. The maximum Gasteiger partial charge on any atom is 0.0728 e. The Morgan fingerprint density at radius 3 is 2.72 bits per heavy atom. The second-order valence-corrected chi connectivity index (χ2v) is 5.20.